The molecule has 0 aromatic heterocycles. The first-order chi connectivity index (χ1) is 21.7. The van der Waals surface area contributed by atoms with E-state index in [1.54, 1.807) is 12.0 Å². The van der Waals surface area contributed by atoms with E-state index in [-0.39, 0.29) is 18.5 Å². The Morgan fingerprint density at radius 3 is 1.91 bits per heavy atom. The van der Waals surface area contributed by atoms with Gasteiger partial charge < -0.3 is 30.7 Å². The molecule has 4 N–H and O–H groups in total. The van der Waals surface area contributed by atoms with Crippen molar-refractivity contribution in [2.24, 2.45) is 11.3 Å². The summed E-state index contributed by atoms with van der Waals surface area (Å²) in [6.45, 7) is 27.3. The summed E-state index contributed by atoms with van der Waals surface area (Å²) in [5.74, 6) is 1.42. The lowest BCUT2D eigenvalue weighted by atomic mass is 9.87. The van der Waals surface area contributed by atoms with Crippen molar-refractivity contribution in [2.45, 2.75) is 133 Å². The lowest BCUT2D eigenvalue weighted by molar-refractivity contribution is -0.137. The van der Waals surface area contributed by atoms with Crippen LogP contribution in [0.3, 0.4) is 0 Å². The molecule has 0 radical (unpaired) electrons. The summed E-state index contributed by atoms with van der Waals surface area (Å²) in [5.41, 5.74) is 0.354. The molecule has 0 bridgehead atoms. The topological polar surface area (TPSA) is 123 Å². The quantitative estimate of drug-likeness (QED) is 0.142. The predicted molar refractivity (Wildman–Crippen MR) is 202 cm³/mol. The van der Waals surface area contributed by atoms with Gasteiger partial charge in [-0.1, -0.05) is 94.5 Å². The van der Waals surface area contributed by atoms with E-state index >= 15 is 0 Å². The number of nitrogens with one attached hydrogen (secondary N) is 3. The fourth-order valence-corrected chi connectivity index (χ4v) is 4.99. The van der Waals surface area contributed by atoms with Crippen LogP contribution in [0.5, 0.6) is 0 Å². The first-order valence-corrected chi connectivity index (χ1v) is 18.5. The van der Waals surface area contributed by atoms with E-state index in [9.17, 15) is 14.4 Å². The molecule has 10 nitrogen and oxygen atoms in total. The summed E-state index contributed by atoms with van der Waals surface area (Å²) in [6, 6.07) is 0.772. The zero-order valence-corrected chi connectivity index (χ0v) is 33.7. The molecule has 0 saturated carbocycles. The molecule has 0 aromatic carbocycles. The molecule has 2 amide bonds. The number of carbonyl (C=O) groups is 3. The number of likely N-dealkylation sites (N-methyl/N-ethyl adjacent to an activating group) is 1. The first kappa shape index (κ1) is 54.1. The number of likely N-dealkylation sites (tertiary alicyclic amines) is 1. The van der Waals surface area contributed by atoms with Crippen LogP contribution in [0.15, 0.2) is 0 Å². The van der Waals surface area contributed by atoms with Gasteiger partial charge in [-0.15, -0.1) is 0 Å². The molecule has 0 aliphatic carbocycles. The second-order valence-electron chi connectivity index (χ2n) is 12.2. The maximum Gasteiger partial charge on any atom is 0.303 e. The SMILES string of the molecule is CC.CC.CC(C)C.CCCCC(=O)O.CNC.CNC(CN1CCCCS1)C(C)(C)C.COC[C@@H]1CCCN1C(=O)CNC=O. The maximum atomic E-state index is 11.5. The van der Waals surface area contributed by atoms with E-state index in [0.717, 1.165) is 38.1 Å². The fourth-order valence-electron chi connectivity index (χ4n) is 3.88. The average Bonchev–Trinajstić information content (AvgIpc) is 3.49. The number of carboxylic acid groups (broad SMARTS) is 1. The van der Waals surface area contributed by atoms with Crippen molar-refractivity contribution in [3.8, 4) is 0 Å². The summed E-state index contributed by atoms with van der Waals surface area (Å²) in [5, 5.41) is 16.6. The van der Waals surface area contributed by atoms with Gasteiger partial charge in [-0.05, 0) is 64.6 Å². The smallest absolute Gasteiger partial charge is 0.303 e. The molecule has 2 heterocycles. The van der Waals surface area contributed by atoms with E-state index in [0.29, 0.717) is 30.9 Å². The van der Waals surface area contributed by atoms with Gasteiger partial charge in [0, 0.05) is 45.0 Å². The lowest BCUT2D eigenvalue weighted by Crippen LogP contribution is -2.46. The van der Waals surface area contributed by atoms with Crippen LogP contribution in [0.2, 0.25) is 0 Å². The normalized spacial score (nSPS) is 15.9. The minimum atomic E-state index is -0.693. The summed E-state index contributed by atoms with van der Waals surface area (Å²) < 4.78 is 7.55. The molecule has 280 valence electrons. The van der Waals surface area contributed by atoms with Crippen molar-refractivity contribution in [2.75, 3.05) is 66.8 Å². The molecule has 1 unspecified atom stereocenters. The summed E-state index contributed by atoms with van der Waals surface area (Å²) in [4.78, 5) is 33.1. The van der Waals surface area contributed by atoms with Crippen LogP contribution in [-0.4, -0.2) is 111 Å². The number of unbranched alkanes of at least 4 members (excludes halogenated alkanes) is 1. The predicted octanol–water partition coefficient (Wildman–Crippen LogP) is 6.55. The van der Waals surface area contributed by atoms with Crippen LogP contribution in [0.25, 0.3) is 0 Å². The monoisotopic (exact) mass is 682 g/mol. The Labute approximate surface area is 290 Å². The Hall–Kier alpha value is -1.40. The highest BCUT2D eigenvalue weighted by atomic mass is 32.2. The second kappa shape index (κ2) is 39.8. The lowest BCUT2D eigenvalue weighted by Gasteiger charge is -2.36. The fraction of sp³-hybridized carbons (Fsp3) is 0.914. The molecule has 46 heavy (non-hydrogen) atoms. The molecule has 0 aromatic rings. The molecule has 0 spiro atoms. The maximum absolute atomic E-state index is 11.5. The van der Waals surface area contributed by atoms with Gasteiger partial charge in [0.1, 0.15) is 0 Å². The largest absolute Gasteiger partial charge is 0.481 e. The van der Waals surface area contributed by atoms with Crippen molar-refractivity contribution < 1.29 is 24.2 Å². The number of hydrogen-bond donors (Lipinski definition) is 4. The van der Waals surface area contributed by atoms with Gasteiger partial charge >= 0.3 is 5.97 Å². The van der Waals surface area contributed by atoms with E-state index in [1.807, 2.05) is 60.7 Å². The molecular formula is C35H79N5O5S. The number of rotatable bonds is 11. The molecule has 2 atom stereocenters. The van der Waals surface area contributed by atoms with Crippen LogP contribution in [0, 0.1) is 11.3 Å². The number of methoxy groups -OCH3 is 1. The zero-order valence-electron chi connectivity index (χ0n) is 32.9. The summed E-state index contributed by atoms with van der Waals surface area (Å²) in [6.07, 6.45) is 7.38. The summed E-state index contributed by atoms with van der Waals surface area (Å²) >= 11 is 2.02. The van der Waals surface area contributed by atoms with Crippen LogP contribution in [0.4, 0.5) is 0 Å². The highest BCUT2D eigenvalue weighted by Gasteiger charge is 2.28. The first-order valence-electron chi connectivity index (χ1n) is 17.6. The van der Waals surface area contributed by atoms with E-state index in [1.165, 1.54) is 31.7 Å². The molecule has 2 aliphatic rings. The van der Waals surface area contributed by atoms with Crippen LogP contribution < -0.4 is 16.0 Å². The average molecular weight is 682 g/mol. The number of amides is 2. The molecule has 11 heteroatoms. The van der Waals surface area contributed by atoms with Gasteiger partial charge in [0.2, 0.25) is 12.3 Å². The number of aliphatic carboxylic acids is 1. The Morgan fingerprint density at radius 2 is 1.57 bits per heavy atom. The second-order valence-corrected chi connectivity index (χ2v) is 13.4. The van der Waals surface area contributed by atoms with Crippen molar-refractivity contribution in [3.05, 3.63) is 0 Å². The van der Waals surface area contributed by atoms with E-state index in [2.05, 4.69) is 68.8 Å². The third-order valence-electron chi connectivity index (χ3n) is 5.99. The molecular weight excluding hydrogens is 602 g/mol. The van der Waals surface area contributed by atoms with Crippen LogP contribution >= 0.6 is 11.9 Å². The number of carbonyl (C=O) groups excluding carboxylic acids is 2. The number of carboxylic acids is 1. The van der Waals surface area contributed by atoms with Gasteiger partial charge in [0.05, 0.1) is 19.2 Å². The molecule has 2 rings (SSSR count). The molecule has 2 saturated heterocycles. The Kier molecular flexibility index (Phi) is 46.8. The van der Waals surface area contributed by atoms with Crippen LogP contribution in [-0.2, 0) is 19.1 Å². The zero-order chi connectivity index (χ0) is 37.0. The van der Waals surface area contributed by atoms with Gasteiger partial charge in [0.25, 0.3) is 0 Å². The van der Waals surface area contributed by atoms with Gasteiger partial charge in [0.15, 0.2) is 0 Å². The van der Waals surface area contributed by atoms with Crippen LogP contribution in [0.1, 0.15) is 121 Å². The minimum Gasteiger partial charge on any atom is -0.481 e. The Bertz CT molecular complexity index is 643. The standard InChI is InChI=1S/C11H24N2S.C9H16N2O3.C5H10O2.C4H10.C2H7N.2C2H6/c1-11(2,3)10(12-4)9-13-7-5-6-8-14-13;1-14-6-8-3-2-4-11(8)9(13)5-10-7-12;1-2-3-4-5(6)7;1-4(2)3;1-3-2;2*1-2/h10,12H,5-9H2,1-4H3;7-8H,2-6H2,1H3,(H,10,12);2-4H2,1H3,(H,6,7);4H,1-3H3;3H,1-2H3;2*1-2H3/t;8-;;;;;/m.0...../s1. The van der Waals surface area contributed by atoms with Gasteiger partial charge in [-0.2, -0.15) is 0 Å². The number of nitrogens with zero attached hydrogens (tertiary/aromatic N) is 2. The van der Waals surface area contributed by atoms with Gasteiger partial charge in [-0.3, -0.25) is 14.4 Å². The van der Waals surface area contributed by atoms with Crippen molar-refractivity contribution in [3.63, 3.8) is 0 Å². The third kappa shape index (κ3) is 38.8. The Morgan fingerprint density at radius 1 is 1.02 bits per heavy atom. The van der Waals surface area contributed by atoms with E-state index in [4.69, 9.17) is 9.84 Å². The third-order valence-corrected chi connectivity index (χ3v) is 7.16. The van der Waals surface area contributed by atoms with E-state index < -0.39 is 5.97 Å². The highest BCUT2D eigenvalue weighted by Crippen LogP contribution is 2.25. The van der Waals surface area contributed by atoms with Crippen molar-refractivity contribution in [1.82, 2.24) is 25.2 Å². The molecule has 2 aliphatic heterocycles. The van der Waals surface area contributed by atoms with Crippen molar-refractivity contribution >= 4 is 30.2 Å². The Balaban J connectivity index is -0.000000163. The van der Waals surface area contributed by atoms with Gasteiger partial charge in [-0.25, -0.2) is 4.31 Å². The number of hydrogen-bond acceptors (Lipinski definition) is 8. The summed E-state index contributed by atoms with van der Waals surface area (Å²) in [7, 11) is 7.45. The number of ether oxygens (including phenoxy) is 1. The molecule has 2 fully saturated rings. The highest BCUT2D eigenvalue weighted by molar-refractivity contribution is 7.97. The van der Waals surface area contributed by atoms with Crippen molar-refractivity contribution in [1.29, 1.82) is 0 Å². The minimum absolute atomic E-state index is 0.0309.